The van der Waals surface area contributed by atoms with Crippen molar-refractivity contribution in [1.82, 2.24) is 0 Å². The van der Waals surface area contributed by atoms with Crippen LogP contribution in [0.2, 0.25) is 0 Å². The predicted octanol–water partition coefficient (Wildman–Crippen LogP) is 0.783. The first-order valence-electron chi connectivity index (χ1n) is 4.38. The van der Waals surface area contributed by atoms with Gasteiger partial charge >= 0.3 is 5.97 Å². The quantitative estimate of drug-likeness (QED) is 0.648. The highest BCUT2D eigenvalue weighted by molar-refractivity contribution is 5.77. The molecule has 84 valence electrons. The van der Waals surface area contributed by atoms with Crippen molar-refractivity contribution in [2.24, 2.45) is 11.3 Å². The average Bonchev–Trinajstić information content (AvgIpc) is 2.00. The second-order valence-corrected chi connectivity index (χ2v) is 4.59. The van der Waals surface area contributed by atoms with Crippen molar-refractivity contribution < 1.29 is 19.5 Å². The molecular weight excluding hydrogens is 186 g/mol. The van der Waals surface area contributed by atoms with E-state index >= 15 is 0 Å². The number of hydrogen-bond acceptors (Lipinski definition) is 4. The van der Waals surface area contributed by atoms with Gasteiger partial charge in [0.25, 0.3) is 0 Å². The molecule has 0 fully saturated rings. The monoisotopic (exact) mass is 205 g/mol. The summed E-state index contributed by atoms with van der Waals surface area (Å²) in [6.07, 6.45) is 0.291. The summed E-state index contributed by atoms with van der Waals surface area (Å²) < 4.78 is 4.82. The Morgan fingerprint density at radius 2 is 1.93 bits per heavy atom. The van der Waals surface area contributed by atoms with Crippen molar-refractivity contribution in [2.75, 3.05) is 13.7 Å². The lowest BCUT2D eigenvalue weighted by Gasteiger charge is -2.32. The van der Waals surface area contributed by atoms with Crippen LogP contribution < -0.4 is 5.90 Å². The average molecular weight is 205 g/mol. The third-order valence-electron chi connectivity index (χ3n) is 1.81. The van der Waals surface area contributed by atoms with Gasteiger partial charge in [0, 0.05) is 7.11 Å². The molecule has 0 aromatic heterocycles. The number of methoxy groups -OCH3 is 1. The Kier molecular flexibility index (Phi) is 4.51. The molecule has 0 rings (SSSR count). The number of rotatable bonds is 5. The summed E-state index contributed by atoms with van der Waals surface area (Å²) >= 11 is 0. The Labute approximate surface area is 84.1 Å². The molecule has 0 unspecified atom stereocenters. The van der Waals surface area contributed by atoms with E-state index in [2.05, 4.69) is 4.84 Å². The van der Waals surface area contributed by atoms with Crippen LogP contribution in [0.1, 0.15) is 27.2 Å². The molecule has 0 radical (unpaired) electrons. The fourth-order valence-electron chi connectivity index (χ4n) is 1.40. The molecular formula is C9H19NO4. The maximum absolute atomic E-state index is 11.0. The first kappa shape index (κ1) is 13.4. The van der Waals surface area contributed by atoms with Crippen molar-refractivity contribution >= 4 is 5.97 Å². The summed E-state index contributed by atoms with van der Waals surface area (Å²) in [7, 11) is 1.42. The zero-order chi connectivity index (χ0) is 11.4. The van der Waals surface area contributed by atoms with Gasteiger partial charge in [0.05, 0.1) is 6.61 Å². The molecule has 14 heavy (non-hydrogen) atoms. The number of hydrogen-bond donors (Lipinski definition) is 2. The van der Waals surface area contributed by atoms with Crippen LogP contribution in [0.15, 0.2) is 0 Å². The number of carboxylic acid groups (broad SMARTS) is 1. The molecule has 0 heterocycles. The summed E-state index contributed by atoms with van der Waals surface area (Å²) in [5.74, 6) is 3.94. The maximum atomic E-state index is 11.0. The van der Waals surface area contributed by atoms with Crippen LogP contribution in [0.5, 0.6) is 0 Å². The molecule has 0 aliphatic heterocycles. The molecule has 0 spiro atoms. The van der Waals surface area contributed by atoms with E-state index in [9.17, 15) is 4.79 Å². The van der Waals surface area contributed by atoms with Gasteiger partial charge in [-0.1, -0.05) is 20.8 Å². The van der Waals surface area contributed by atoms with E-state index in [4.69, 9.17) is 15.7 Å². The van der Waals surface area contributed by atoms with Gasteiger partial charge in [-0.2, -0.15) is 0 Å². The highest BCUT2D eigenvalue weighted by Gasteiger charge is 2.43. The molecule has 5 nitrogen and oxygen atoms in total. The Balaban J connectivity index is 4.76. The highest BCUT2D eigenvalue weighted by Crippen LogP contribution is 2.29. The zero-order valence-corrected chi connectivity index (χ0v) is 9.16. The fourth-order valence-corrected chi connectivity index (χ4v) is 1.40. The van der Waals surface area contributed by atoms with Crippen molar-refractivity contribution in [3.05, 3.63) is 0 Å². The molecule has 0 saturated heterocycles. The minimum atomic E-state index is -1.45. The van der Waals surface area contributed by atoms with Gasteiger partial charge in [0.15, 0.2) is 0 Å². The molecule has 0 aliphatic carbocycles. The highest BCUT2D eigenvalue weighted by atomic mass is 16.7. The van der Waals surface area contributed by atoms with E-state index in [1.807, 2.05) is 20.8 Å². The molecule has 0 aliphatic rings. The van der Waals surface area contributed by atoms with Gasteiger partial charge in [-0.25, -0.2) is 10.7 Å². The van der Waals surface area contributed by atoms with E-state index in [1.54, 1.807) is 0 Å². The molecule has 3 N–H and O–H groups in total. The number of nitrogens with two attached hydrogens (primary N) is 1. The van der Waals surface area contributed by atoms with E-state index in [0.29, 0.717) is 6.42 Å². The van der Waals surface area contributed by atoms with E-state index < -0.39 is 11.6 Å². The van der Waals surface area contributed by atoms with Crippen LogP contribution in [0, 0.1) is 5.41 Å². The summed E-state index contributed by atoms with van der Waals surface area (Å²) in [5.41, 5.74) is -1.65. The minimum Gasteiger partial charge on any atom is -0.479 e. The molecule has 5 heteroatoms. The molecule has 0 aromatic rings. The first-order valence-corrected chi connectivity index (χ1v) is 4.38. The lowest BCUT2D eigenvalue weighted by Crippen LogP contribution is -2.50. The van der Waals surface area contributed by atoms with Gasteiger partial charge in [-0.3, -0.25) is 4.84 Å². The second kappa shape index (κ2) is 4.72. The molecule has 0 aromatic carbocycles. The molecule has 1 atom stereocenters. The summed E-state index contributed by atoms with van der Waals surface area (Å²) in [4.78, 5) is 15.6. The standard InChI is InChI=1S/C9H19NO4/c1-8(2,3)5-9(14-10,6-13-4)7(11)12/h5-6,10H2,1-4H3,(H,11,12)/t9-/m1/s1. The number of carboxylic acids is 1. The lowest BCUT2D eigenvalue weighted by atomic mass is 9.82. The molecule has 0 saturated carbocycles. The van der Waals surface area contributed by atoms with Crippen LogP contribution >= 0.6 is 0 Å². The third kappa shape index (κ3) is 3.61. The van der Waals surface area contributed by atoms with Crippen molar-refractivity contribution in [3.8, 4) is 0 Å². The van der Waals surface area contributed by atoms with Crippen LogP contribution in [0.4, 0.5) is 0 Å². The van der Waals surface area contributed by atoms with Crippen LogP contribution in [-0.2, 0) is 14.4 Å². The normalized spacial score (nSPS) is 16.4. The van der Waals surface area contributed by atoms with Crippen molar-refractivity contribution in [1.29, 1.82) is 0 Å². The van der Waals surface area contributed by atoms with E-state index in [0.717, 1.165) is 0 Å². The zero-order valence-electron chi connectivity index (χ0n) is 9.16. The Bertz CT molecular complexity index is 199. The largest absolute Gasteiger partial charge is 0.479 e. The number of carbonyl (C=O) groups is 1. The van der Waals surface area contributed by atoms with Crippen molar-refractivity contribution in [3.63, 3.8) is 0 Å². The van der Waals surface area contributed by atoms with Crippen molar-refractivity contribution in [2.45, 2.75) is 32.8 Å². The summed E-state index contributed by atoms with van der Waals surface area (Å²) in [5, 5.41) is 9.03. The number of ether oxygens (including phenoxy) is 1. The van der Waals surface area contributed by atoms with Gasteiger partial charge in [-0.05, 0) is 11.8 Å². The summed E-state index contributed by atoms with van der Waals surface area (Å²) in [6, 6.07) is 0. The van der Waals surface area contributed by atoms with Crippen LogP contribution in [0.25, 0.3) is 0 Å². The Morgan fingerprint density at radius 1 is 1.43 bits per heavy atom. The predicted molar refractivity (Wildman–Crippen MR) is 51.6 cm³/mol. The lowest BCUT2D eigenvalue weighted by molar-refractivity contribution is -0.180. The fraction of sp³-hybridized carbons (Fsp3) is 0.889. The Morgan fingerprint density at radius 3 is 2.14 bits per heavy atom. The Hall–Kier alpha value is -0.650. The molecule has 0 amide bonds. The molecule has 0 bridgehead atoms. The van der Waals surface area contributed by atoms with Gasteiger partial charge < -0.3 is 9.84 Å². The van der Waals surface area contributed by atoms with Crippen LogP contribution in [0.3, 0.4) is 0 Å². The van der Waals surface area contributed by atoms with Gasteiger partial charge in [0.2, 0.25) is 5.60 Å². The minimum absolute atomic E-state index is 0.0594. The second-order valence-electron chi connectivity index (χ2n) is 4.59. The number of aliphatic carboxylic acids is 1. The third-order valence-corrected chi connectivity index (χ3v) is 1.81. The SMILES string of the molecule is COC[C@@](CC(C)(C)C)(ON)C(=O)O. The van der Waals surface area contributed by atoms with E-state index in [-0.39, 0.29) is 12.0 Å². The first-order chi connectivity index (χ1) is 6.27. The van der Waals surface area contributed by atoms with E-state index in [1.165, 1.54) is 7.11 Å². The summed E-state index contributed by atoms with van der Waals surface area (Å²) in [6.45, 7) is 5.69. The smallest absolute Gasteiger partial charge is 0.340 e. The maximum Gasteiger partial charge on any atom is 0.340 e. The van der Waals surface area contributed by atoms with Gasteiger partial charge in [-0.15, -0.1) is 0 Å². The topological polar surface area (TPSA) is 81.8 Å². The van der Waals surface area contributed by atoms with Gasteiger partial charge in [0.1, 0.15) is 0 Å². The van der Waals surface area contributed by atoms with Crippen LogP contribution in [-0.4, -0.2) is 30.4 Å².